The number of aromatic hydroxyl groups is 1. The number of aromatic nitrogens is 1. The maximum atomic E-state index is 12.4. The first kappa shape index (κ1) is 18.4. The third kappa shape index (κ3) is 4.60. The number of carbonyl (C=O) groups excluding carboxylic acids is 1. The van der Waals surface area contributed by atoms with E-state index >= 15 is 0 Å². The molecule has 0 saturated carbocycles. The van der Waals surface area contributed by atoms with Gasteiger partial charge in [0, 0.05) is 10.9 Å². The molecule has 0 bridgehead atoms. The Morgan fingerprint density at radius 1 is 1.22 bits per heavy atom. The van der Waals surface area contributed by atoms with Crippen LogP contribution in [0.15, 0.2) is 59.5 Å². The number of phenols is 1. The number of carbonyl (C=O) groups is 1. The maximum Gasteiger partial charge on any atom is 0.268 e. The number of aryl methyl sites for hydroxylation is 1. The zero-order chi connectivity index (χ0) is 19.2. The summed E-state index contributed by atoms with van der Waals surface area (Å²) in [5.74, 6) is -0.398. The molecular formula is C21H17N3O2S. The molecule has 2 N–H and O–H groups in total. The van der Waals surface area contributed by atoms with Gasteiger partial charge in [0.1, 0.15) is 17.4 Å². The Labute approximate surface area is 161 Å². The summed E-state index contributed by atoms with van der Waals surface area (Å²) in [5.41, 5.74) is 3.61. The van der Waals surface area contributed by atoms with Crippen LogP contribution in [0.25, 0.3) is 17.3 Å². The number of nitrogens with zero attached hydrogens (tertiary/aromatic N) is 2. The lowest BCUT2D eigenvalue weighted by molar-refractivity contribution is -0.112. The van der Waals surface area contributed by atoms with Crippen LogP contribution in [0.1, 0.15) is 18.1 Å². The number of amides is 1. The molecule has 27 heavy (non-hydrogen) atoms. The number of hydrogen-bond donors (Lipinski definition) is 2. The second-order valence-electron chi connectivity index (χ2n) is 5.80. The first-order chi connectivity index (χ1) is 13.1. The molecule has 6 heteroatoms. The van der Waals surface area contributed by atoms with Crippen molar-refractivity contribution >= 4 is 28.5 Å². The van der Waals surface area contributed by atoms with Gasteiger partial charge in [-0.25, -0.2) is 4.98 Å². The predicted molar refractivity (Wildman–Crippen MR) is 107 cm³/mol. The Balaban J connectivity index is 1.74. The highest BCUT2D eigenvalue weighted by Crippen LogP contribution is 2.25. The molecule has 1 heterocycles. The van der Waals surface area contributed by atoms with Crippen LogP contribution in [-0.4, -0.2) is 16.0 Å². The van der Waals surface area contributed by atoms with E-state index in [1.54, 1.807) is 12.1 Å². The monoisotopic (exact) mass is 375 g/mol. The predicted octanol–water partition coefficient (Wildman–Crippen LogP) is 4.62. The number of benzene rings is 2. The third-order valence-corrected chi connectivity index (χ3v) is 4.71. The fourth-order valence-electron chi connectivity index (χ4n) is 2.43. The van der Waals surface area contributed by atoms with Gasteiger partial charge in [0.25, 0.3) is 5.91 Å². The smallest absolute Gasteiger partial charge is 0.268 e. The van der Waals surface area contributed by atoms with Crippen molar-refractivity contribution in [3.63, 3.8) is 0 Å². The van der Waals surface area contributed by atoms with Crippen molar-refractivity contribution in [3.8, 4) is 23.1 Å². The van der Waals surface area contributed by atoms with Crippen molar-refractivity contribution in [1.82, 2.24) is 4.98 Å². The summed E-state index contributed by atoms with van der Waals surface area (Å²) < 4.78 is 0. The lowest BCUT2D eigenvalue weighted by Crippen LogP contribution is -2.13. The van der Waals surface area contributed by atoms with E-state index in [-0.39, 0.29) is 11.3 Å². The Bertz CT molecular complexity index is 1010. The fourth-order valence-corrected chi connectivity index (χ4v) is 3.14. The van der Waals surface area contributed by atoms with E-state index in [2.05, 4.69) is 29.4 Å². The molecule has 3 aromatic rings. The number of nitrogens with one attached hydrogen (secondary N) is 1. The van der Waals surface area contributed by atoms with Gasteiger partial charge in [-0.3, -0.25) is 10.1 Å². The molecule has 0 spiro atoms. The highest BCUT2D eigenvalue weighted by Gasteiger charge is 2.12. The first-order valence-electron chi connectivity index (χ1n) is 8.36. The van der Waals surface area contributed by atoms with Crippen molar-refractivity contribution in [2.45, 2.75) is 13.3 Å². The molecule has 0 fully saturated rings. The minimum Gasteiger partial charge on any atom is -0.508 e. The third-order valence-electron chi connectivity index (χ3n) is 3.95. The topological polar surface area (TPSA) is 86.0 Å². The van der Waals surface area contributed by atoms with Crippen molar-refractivity contribution < 1.29 is 9.90 Å². The molecule has 0 unspecified atom stereocenters. The van der Waals surface area contributed by atoms with Crippen molar-refractivity contribution in [3.05, 3.63) is 70.6 Å². The average molecular weight is 375 g/mol. The van der Waals surface area contributed by atoms with Crippen molar-refractivity contribution in [2.75, 3.05) is 5.32 Å². The molecule has 5 nitrogen and oxygen atoms in total. The van der Waals surface area contributed by atoms with Gasteiger partial charge in [-0.2, -0.15) is 5.26 Å². The molecule has 0 aliphatic heterocycles. The normalized spacial score (nSPS) is 11.0. The van der Waals surface area contributed by atoms with Crippen LogP contribution in [0.3, 0.4) is 0 Å². The van der Waals surface area contributed by atoms with Crippen LogP contribution in [0, 0.1) is 11.3 Å². The van der Waals surface area contributed by atoms with E-state index in [0.29, 0.717) is 10.7 Å². The quantitative estimate of drug-likeness (QED) is 0.503. The minimum absolute atomic E-state index is 0.0373. The van der Waals surface area contributed by atoms with Gasteiger partial charge in [-0.05, 0) is 35.8 Å². The number of thiazole rings is 1. The number of nitriles is 1. The molecule has 0 radical (unpaired) electrons. The van der Waals surface area contributed by atoms with Crippen LogP contribution >= 0.6 is 11.3 Å². The second kappa shape index (κ2) is 8.30. The summed E-state index contributed by atoms with van der Waals surface area (Å²) in [6.45, 7) is 2.10. The zero-order valence-corrected chi connectivity index (χ0v) is 15.5. The molecule has 0 saturated heterocycles. The van der Waals surface area contributed by atoms with E-state index in [9.17, 15) is 15.2 Å². The Kier molecular flexibility index (Phi) is 5.64. The van der Waals surface area contributed by atoms with Gasteiger partial charge in [-0.15, -0.1) is 11.3 Å². The van der Waals surface area contributed by atoms with E-state index < -0.39 is 5.91 Å². The highest BCUT2D eigenvalue weighted by molar-refractivity contribution is 7.14. The van der Waals surface area contributed by atoms with E-state index in [1.165, 1.54) is 35.1 Å². The van der Waals surface area contributed by atoms with Crippen molar-refractivity contribution in [2.24, 2.45) is 0 Å². The van der Waals surface area contributed by atoms with Crippen LogP contribution in [-0.2, 0) is 11.2 Å². The zero-order valence-electron chi connectivity index (χ0n) is 14.6. The van der Waals surface area contributed by atoms with Crippen LogP contribution in [0.5, 0.6) is 5.75 Å². The lowest BCUT2D eigenvalue weighted by Gasteiger charge is -2.01. The van der Waals surface area contributed by atoms with Gasteiger partial charge >= 0.3 is 0 Å². The summed E-state index contributed by atoms with van der Waals surface area (Å²) in [4.78, 5) is 16.8. The summed E-state index contributed by atoms with van der Waals surface area (Å²) in [7, 11) is 0. The minimum atomic E-state index is -0.521. The van der Waals surface area contributed by atoms with Gasteiger partial charge in [0.2, 0.25) is 0 Å². The van der Waals surface area contributed by atoms with Gasteiger partial charge in [0.05, 0.1) is 5.69 Å². The second-order valence-corrected chi connectivity index (χ2v) is 6.66. The lowest BCUT2D eigenvalue weighted by atomic mass is 10.1. The molecule has 0 atom stereocenters. The number of hydrogen-bond acceptors (Lipinski definition) is 5. The molecule has 2 aromatic carbocycles. The molecule has 3 rings (SSSR count). The number of rotatable bonds is 5. The fraction of sp³-hybridized carbons (Fsp3) is 0.0952. The average Bonchev–Trinajstić information content (AvgIpc) is 3.16. The van der Waals surface area contributed by atoms with Crippen LogP contribution < -0.4 is 5.32 Å². The SMILES string of the molecule is CCc1ccc(-c2csc(NC(=O)/C(C#N)=C/c3ccc(O)cc3)n2)cc1. The standard InChI is InChI=1S/C21H17N3O2S/c1-2-14-3-7-16(8-4-14)19-13-27-21(23-19)24-20(26)17(12-22)11-15-5-9-18(25)10-6-15/h3-11,13,25H,2H2,1H3,(H,23,24,26)/b17-11+. The van der Waals surface area contributed by atoms with Gasteiger partial charge in [-0.1, -0.05) is 43.3 Å². The van der Waals surface area contributed by atoms with E-state index in [1.807, 2.05) is 23.6 Å². The molecule has 0 aliphatic rings. The largest absolute Gasteiger partial charge is 0.508 e. The summed E-state index contributed by atoms with van der Waals surface area (Å²) >= 11 is 1.31. The van der Waals surface area contributed by atoms with Gasteiger partial charge < -0.3 is 5.11 Å². The van der Waals surface area contributed by atoms with Crippen LogP contribution in [0.4, 0.5) is 5.13 Å². The molecule has 0 aliphatic carbocycles. The number of anilines is 1. The molecule has 1 aromatic heterocycles. The molecular weight excluding hydrogens is 358 g/mol. The molecule has 1 amide bonds. The Morgan fingerprint density at radius 2 is 1.93 bits per heavy atom. The first-order valence-corrected chi connectivity index (χ1v) is 9.24. The summed E-state index contributed by atoms with van der Waals surface area (Å²) in [6.07, 6.45) is 2.44. The van der Waals surface area contributed by atoms with E-state index in [0.717, 1.165) is 17.7 Å². The number of phenolic OH excluding ortho intramolecular Hbond substituents is 1. The van der Waals surface area contributed by atoms with Crippen LogP contribution in [0.2, 0.25) is 0 Å². The Hall–Kier alpha value is -3.43. The van der Waals surface area contributed by atoms with E-state index in [4.69, 9.17) is 0 Å². The maximum absolute atomic E-state index is 12.4. The Morgan fingerprint density at radius 3 is 2.56 bits per heavy atom. The highest BCUT2D eigenvalue weighted by atomic mass is 32.1. The molecule has 134 valence electrons. The summed E-state index contributed by atoms with van der Waals surface area (Å²) in [6, 6.07) is 16.3. The summed E-state index contributed by atoms with van der Waals surface area (Å²) in [5, 5.41) is 23.5. The van der Waals surface area contributed by atoms with Gasteiger partial charge in [0.15, 0.2) is 5.13 Å². The van der Waals surface area contributed by atoms with Crippen molar-refractivity contribution in [1.29, 1.82) is 5.26 Å².